The number of imidazole rings is 1. The lowest BCUT2D eigenvalue weighted by molar-refractivity contribution is 0.00796. The van der Waals surface area contributed by atoms with Gasteiger partial charge in [-0.15, -0.1) is 0 Å². The minimum absolute atomic E-state index is 0.142. The molecule has 1 saturated heterocycles. The number of H-pyrrole nitrogens is 1. The van der Waals surface area contributed by atoms with E-state index in [0.717, 1.165) is 50.9 Å². The highest BCUT2D eigenvalue weighted by Crippen LogP contribution is 2.31. The third-order valence-corrected chi connectivity index (χ3v) is 6.35. The Hall–Kier alpha value is -1.66. The number of aryl methyl sites for hydroxylation is 1. The van der Waals surface area contributed by atoms with Crippen LogP contribution in [0, 0.1) is 12.7 Å². The first kappa shape index (κ1) is 18.7. The van der Waals surface area contributed by atoms with E-state index in [1.807, 2.05) is 13.0 Å². The lowest BCUT2D eigenvalue weighted by Gasteiger charge is -2.40. The van der Waals surface area contributed by atoms with Gasteiger partial charge in [-0.25, -0.2) is 9.18 Å². The van der Waals surface area contributed by atoms with Crippen molar-refractivity contribution in [3.8, 4) is 0 Å². The van der Waals surface area contributed by atoms with Gasteiger partial charge in [0.15, 0.2) is 0 Å². The average Bonchev–Trinajstić information content (AvgIpc) is 2.99. The van der Waals surface area contributed by atoms with Crippen LogP contribution in [0.2, 0.25) is 0 Å². The van der Waals surface area contributed by atoms with Crippen molar-refractivity contribution in [2.75, 3.05) is 19.7 Å². The third-order valence-electron chi connectivity index (χ3n) is 6.35. The van der Waals surface area contributed by atoms with Gasteiger partial charge in [-0.2, -0.15) is 0 Å². The number of fused-ring (bicyclic) bond motifs is 1. The van der Waals surface area contributed by atoms with Gasteiger partial charge in [0, 0.05) is 31.8 Å². The number of hydrogen-bond donors (Lipinski definition) is 1. The molecule has 0 spiro atoms. The predicted molar refractivity (Wildman–Crippen MR) is 105 cm³/mol. The van der Waals surface area contributed by atoms with Gasteiger partial charge in [0.05, 0.1) is 11.6 Å². The van der Waals surface area contributed by atoms with Gasteiger partial charge in [-0.05, 0) is 70.1 Å². The summed E-state index contributed by atoms with van der Waals surface area (Å²) in [6.07, 6.45) is 7.02. The molecule has 1 N–H and O–H groups in total. The van der Waals surface area contributed by atoms with E-state index in [4.69, 9.17) is 4.74 Å². The fourth-order valence-electron chi connectivity index (χ4n) is 5.00. The molecule has 0 bridgehead atoms. The second kappa shape index (κ2) is 7.76. The van der Waals surface area contributed by atoms with Gasteiger partial charge in [0.1, 0.15) is 11.3 Å². The Morgan fingerprint density at radius 1 is 1.11 bits per heavy atom. The van der Waals surface area contributed by atoms with Crippen molar-refractivity contribution in [1.82, 2.24) is 14.5 Å². The molecule has 1 aliphatic heterocycles. The lowest BCUT2D eigenvalue weighted by Crippen LogP contribution is -2.45. The molecule has 0 radical (unpaired) electrons. The molecule has 2 aromatic rings. The fraction of sp³-hybridized carbons (Fsp3) is 0.667. The summed E-state index contributed by atoms with van der Waals surface area (Å²) in [6.45, 7) is 6.74. The second-order valence-electron chi connectivity index (χ2n) is 8.09. The Morgan fingerprint density at radius 3 is 2.48 bits per heavy atom. The third kappa shape index (κ3) is 3.69. The molecule has 6 heteroatoms. The van der Waals surface area contributed by atoms with Crippen molar-refractivity contribution in [3.05, 3.63) is 34.0 Å². The van der Waals surface area contributed by atoms with Gasteiger partial charge in [-0.1, -0.05) is 0 Å². The van der Waals surface area contributed by atoms with E-state index in [1.165, 1.54) is 18.9 Å². The molecule has 2 aliphatic rings. The number of halogens is 1. The molecule has 2 heterocycles. The quantitative estimate of drug-likeness (QED) is 0.885. The van der Waals surface area contributed by atoms with Crippen LogP contribution in [0.25, 0.3) is 11.0 Å². The van der Waals surface area contributed by atoms with Gasteiger partial charge < -0.3 is 14.6 Å². The van der Waals surface area contributed by atoms with E-state index in [9.17, 15) is 9.18 Å². The van der Waals surface area contributed by atoms with Crippen molar-refractivity contribution < 1.29 is 9.13 Å². The highest BCUT2D eigenvalue weighted by Gasteiger charge is 2.30. The number of nitrogens with zero attached hydrogens (tertiary/aromatic N) is 2. The summed E-state index contributed by atoms with van der Waals surface area (Å²) in [6, 6.07) is 4.17. The summed E-state index contributed by atoms with van der Waals surface area (Å²) in [5.41, 5.74) is 1.69. The number of aromatic nitrogens is 2. The molecular formula is C21H30FN3O2. The first-order chi connectivity index (χ1) is 13.1. The number of piperidine rings is 1. The summed E-state index contributed by atoms with van der Waals surface area (Å²) >= 11 is 0. The molecule has 2 fully saturated rings. The number of ether oxygens (including phenoxy) is 1. The number of hydrogen-bond acceptors (Lipinski definition) is 3. The SMILES string of the molecule is CCOC1CCC(N2CCC(n3c(=O)[nH]c4c(F)cc(C)cc43)CC2)CC1. The van der Waals surface area contributed by atoms with Gasteiger partial charge in [-0.3, -0.25) is 4.57 Å². The fourth-order valence-corrected chi connectivity index (χ4v) is 5.00. The molecule has 0 atom stereocenters. The summed E-state index contributed by atoms with van der Waals surface area (Å²) in [5, 5.41) is 0. The topological polar surface area (TPSA) is 50.3 Å². The molecule has 1 saturated carbocycles. The smallest absolute Gasteiger partial charge is 0.326 e. The van der Waals surface area contributed by atoms with Crippen molar-refractivity contribution in [2.24, 2.45) is 0 Å². The Bertz CT molecular complexity index is 843. The number of benzene rings is 1. The van der Waals surface area contributed by atoms with E-state index in [-0.39, 0.29) is 17.5 Å². The summed E-state index contributed by atoms with van der Waals surface area (Å²) in [5.74, 6) is -0.343. The Kier molecular flexibility index (Phi) is 5.37. The van der Waals surface area contributed by atoms with E-state index in [1.54, 1.807) is 4.57 Å². The summed E-state index contributed by atoms with van der Waals surface area (Å²) in [4.78, 5) is 17.8. The monoisotopic (exact) mass is 375 g/mol. The largest absolute Gasteiger partial charge is 0.379 e. The van der Waals surface area contributed by atoms with Gasteiger partial charge in [0.25, 0.3) is 0 Å². The zero-order valence-electron chi connectivity index (χ0n) is 16.3. The maximum absolute atomic E-state index is 14.2. The molecular weight excluding hydrogens is 345 g/mol. The van der Waals surface area contributed by atoms with Crippen molar-refractivity contribution in [1.29, 1.82) is 0 Å². The molecule has 4 rings (SSSR count). The molecule has 0 amide bonds. The van der Waals surface area contributed by atoms with Crippen LogP contribution in [0.4, 0.5) is 4.39 Å². The van der Waals surface area contributed by atoms with Crippen LogP contribution in [0.1, 0.15) is 57.1 Å². The first-order valence-electron chi connectivity index (χ1n) is 10.3. The van der Waals surface area contributed by atoms with Crippen LogP contribution in [0.15, 0.2) is 16.9 Å². The van der Waals surface area contributed by atoms with E-state index in [2.05, 4.69) is 16.8 Å². The number of nitrogens with one attached hydrogen (secondary N) is 1. The molecule has 148 valence electrons. The predicted octanol–water partition coefficient (Wildman–Crippen LogP) is 3.76. The minimum Gasteiger partial charge on any atom is -0.379 e. The Balaban J connectivity index is 1.44. The molecule has 27 heavy (non-hydrogen) atoms. The number of rotatable bonds is 4. The van der Waals surface area contributed by atoms with Crippen LogP contribution in [0.5, 0.6) is 0 Å². The van der Waals surface area contributed by atoms with E-state index < -0.39 is 0 Å². The van der Waals surface area contributed by atoms with Crippen molar-refractivity contribution in [2.45, 2.75) is 70.6 Å². The second-order valence-corrected chi connectivity index (χ2v) is 8.09. The molecule has 0 unspecified atom stereocenters. The maximum Gasteiger partial charge on any atom is 0.326 e. The van der Waals surface area contributed by atoms with Crippen LogP contribution in [-0.2, 0) is 4.74 Å². The standard InChI is InChI=1S/C21H30FN3O2/c1-3-27-17-6-4-15(5-7-17)24-10-8-16(9-11-24)25-19-13-14(2)12-18(22)20(19)23-21(25)26/h12-13,15-17H,3-11H2,1-2H3,(H,23,26). The normalized spacial score (nSPS) is 25.3. The molecule has 1 aromatic heterocycles. The zero-order chi connectivity index (χ0) is 19.0. The highest BCUT2D eigenvalue weighted by atomic mass is 19.1. The number of likely N-dealkylation sites (tertiary alicyclic amines) is 1. The van der Waals surface area contributed by atoms with Crippen LogP contribution >= 0.6 is 0 Å². The summed E-state index contributed by atoms with van der Waals surface area (Å²) < 4.78 is 21.8. The zero-order valence-corrected chi connectivity index (χ0v) is 16.3. The van der Waals surface area contributed by atoms with Gasteiger partial charge in [0.2, 0.25) is 0 Å². The van der Waals surface area contributed by atoms with Crippen molar-refractivity contribution >= 4 is 11.0 Å². The molecule has 1 aromatic carbocycles. The van der Waals surface area contributed by atoms with E-state index in [0.29, 0.717) is 23.2 Å². The molecule has 5 nitrogen and oxygen atoms in total. The van der Waals surface area contributed by atoms with Crippen LogP contribution in [-0.4, -0.2) is 46.3 Å². The lowest BCUT2D eigenvalue weighted by atomic mass is 9.90. The van der Waals surface area contributed by atoms with Crippen LogP contribution < -0.4 is 5.69 Å². The highest BCUT2D eigenvalue weighted by molar-refractivity contribution is 5.77. The number of aromatic amines is 1. The first-order valence-corrected chi connectivity index (χ1v) is 10.3. The van der Waals surface area contributed by atoms with Crippen molar-refractivity contribution in [3.63, 3.8) is 0 Å². The average molecular weight is 375 g/mol. The summed E-state index contributed by atoms with van der Waals surface area (Å²) in [7, 11) is 0. The minimum atomic E-state index is -0.343. The Labute approximate surface area is 159 Å². The van der Waals surface area contributed by atoms with Gasteiger partial charge >= 0.3 is 5.69 Å². The maximum atomic E-state index is 14.2. The molecule has 1 aliphatic carbocycles. The Morgan fingerprint density at radius 2 is 1.81 bits per heavy atom. The van der Waals surface area contributed by atoms with Crippen LogP contribution in [0.3, 0.4) is 0 Å². The van der Waals surface area contributed by atoms with E-state index >= 15 is 0 Å².